The highest BCUT2D eigenvalue weighted by molar-refractivity contribution is 4.81. The summed E-state index contributed by atoms with van der Waals surface area (Å²) in [6.07, 6.45) is 9.93. The first-order valence-electron chi connectivity index (χ1n) is 9.16. The number of hydrogen-bond donors (Lipinski definition) is 1. The van der Waals surface area contributed by atoms with Crippen molar-refractivity contribution in [3.63, 3.8) is 0 Å². The van der Waals surface area contributed by atoms with Crippen molar-refractivity contribution in [2.24, 2.45) is 17.8 Å². The Morgan fingerprint density at radius 2 is 1.80 bits per heavy atom. The van der Waals surface area contributed by atoms with Crippen molar-refractivity contribution in [2.75, 3.05) is 26.2 Å². The molecule has 118 valence electrons. The Balaban J connectivity index is 1.66. The molecule has 1 heterocycles. The Bertz CT molecular complexity index is 258. The second-order valence-corrected chi connectivity index (χ2v) is 7.40. The highest BCUT2D eigenvalue weighted by atomic mass is 15.1. The van der Waals surface area contributed by atoms with E-state index >= 15 is 0 Å². The lowest BCUT2D eigenvalue weighted by atomic mass is 9.80. The first-order valence-corrected chi connectivity index (χ1v) is 9.16. The maximum Gasteiger partial charge on any atom is 0.00680 e. The minimum absolute atomic E-state index is 0.716. The van der Waals surface area contributed by atoms with Gasteiger partial charge in [0.15, 0.2) is 0 Å². The van der Waals surface area contributed by atoms with Crippen LogP contribution in [-0.2, 0) is 0 Å². The largest absolute Gasteiger partial charge is 0.314 e. The fourth-order valence-electron chi connectivity index (χ4n) is 4.19. The summed E-state index contributed by atoms with van der Waals surface area (Å²) in [6, 6.07) is 0.716. The normalized spacial score (nSPS) is 31.4. The molecule has 0 amide bonds. The van der Waals surface area contributed by atoms with E-state index in [1.165, 1.54) is 71.1 Å². The Kier molecular flexibility index (Phi) is 6.83. The zero-order chi connectivity index (χ0) is 14.4. The minimum Gasteiger partial charge on any atom is -0.314 e. The van der Waals surface area contributed by atoms with Gasteiger partial charge in [0.2, 0.25) is 0 Å². The van der Waals surface area contributed by atoms with E-state index < -0.39 is 0 Å². The molecule has 20 heavy (non-hydrogen) atoms. The third-order valence-electron chi connectivity index (χ3n) is 5.87. The molecule has 2 heteroatoms. The van der Waals surface area contributed by atoms with E-state index in [0.717, 1.165) is 17.8 Å². The molecule has 0 bridgehead atoms. The second kappa shape index (κ2) is 8.38. The van der Waals surface area contributed by atoms with Gasteiger partial charge in [0.05, 0.1) is 0 Å². The van der Waals surface area contributed by atoms with Crippen LogP contribution in [0.4, 0.5) is 0 Å². The van der Waals surface area contributed by atoms with Crippen LogP contribution in [0, 0.1) is 17.8 Å². The number of rotatable bonds is 6. The molecule has 0 aromatic heterocycles. The third-order valence-corrected chi connectivity index (χ3v) is 5.87. The second-order valence-electron chi connectivity index (χ2n) is 7.40. The molecule has 0 radical (unpaired) electrons. The van der Waals surface area contributed by atoms with Crippen molar-refractivity contribution in [2.45, 2.75) is 71.8 Å². The summed E-state index contributed by atoms with van der Waals surface area (Å²) in [7, 11) is 0. The zero-order valence-electron chi connectivity index (χ0n) is 14.0. The average Bonchev–Trinajstić information content (AvgIpc) is 2.47. The summed E-state index contributed by atoms with van der Waals surface area (Å²) in [4.78, 5) is 2.65. The van der Waals surface area contributed by atoms with Gasteiger partial charge in [-0.2, -0.15) is 0 Å². The van der Waals surface area contributed by atoms with Gasteiger partial charge >= 0.3 is 0 Å². The quantitative estimate of drug-likeness (QED) is 0.793. The van der Waals surface area contributed by atoms with Crippen LogP contribution in [0.3, 0.4) is 0 Å². The molecular weight excluding hydrogens is 244 g/mol. The van der Waals surface area contributed by atoms with Crippen molar-refractivity contribution < 1.29 is 0 Å². The molecule has 0 aromatic rings. The van der Waals surface area contributed by atoms with Gasteiger partial charge in [-0.1, -0.05) is 33.1 Å². The van der Waals surface area contributed by atoms with Crippen LogP contribution >= 0.6 is 0 Å². The summed E-state index contributed by atoms with van der Waals surface area (Å²) in [6.45, 7) is 12.4. The molecule has 1 aliphatic heterocycles. The molecule has 2 rings (SSSR count). The predicted molar refractivity (Wildman–Crippen MR) is 88.0 cm³/mol. The molecule has 3 unspecified atom stereocenters. The van der Waals surface area contributed by atoms with E-state index in [-0.39, 0.29) is 0 Å². The lowest BCUT2D eigenvalue weighted by molar-refractivity contribution is 0.155. The minimum atomic E-state index is 0.716. The van der Waals surface area contributed by atoms with E-state index in [9.17, 15) is 0 Å². The molecule has 1 saturated carbocycles. The Morgan fingerprint density at radius 3 is 2.45 bits per heavy atom. The average molecular weight is 280 g/mol. The number of likely N-dealkylation sites (tertiary alicyclic amines) is 1. The van der Waals surface area contributed by atoms with Crippen LogP contribution in [-0.4, -0.2) is 37.1 Å². The first-order chi connectivity index (χ1) is 9.70. The van der Waals surface area contributed by atoms with Crippen molar-refractivity contribution >= 4 is 0 Å². The van der Waals surface area contributed by atoms with E-state index in [2.05, 4.69) is 31.0 Å². The van der Waals surface area contributed by atoms with Crippen molar-refractivity contribution in [1.82, 2.24) is 10.2 Å². The van der Waals surface area contributed by atoms with Gasteiger partial charge < -0.3 is 10.2 Å². The van der Waals surface area contributed by atoms with E-state index in [0.29, 0.717) is 6.04 Å². The van der Waals surface area contributed by atoms with Crippen molar-refractivity contribution in [1.29, 1.82) is 0 Å². The van der Waals surface area contributed by atoms with Crippen molar-refractivity contribution in [3.8, 4) is 0 Å². The maximum atomic E-state index is 3.88. The number of nitrogens with one attached hydrogen (secondary N) is 1. The summed E-state index contributed by atoms with van der Waals surface area (Å²) in [5.41, 5.74) is 0. The molecule has 1 aliphatic carbocycles. The third kappa shape index (κ3) is 4.73. The molecular formula is C18H36N2. The van der Waals surface area contributed by atoms with Crippen LogP contribution in [0.15, 0.2) is 0 Å². The number of piperidine rings is 1. The molecule has 3 atom stereocenters. The van der Waals surface area contributed by atoms with Crippen LogP contribution in [0.2, 0.25) is 0 Å². The molecule has 0 spiro atoms. The summed E-state index contributed by atoms with van der Waals surface area (Å²) >= 11 is 0. The summed E-state index contributed by atoms with van der Waals surface area (Å²) in [5, 5.41) is 3.88. The van der Waals surface area contributed by atoms with E-state index in [1.54, 1.807) is 0 Å². The fraction of sp³-hybridized carbons (Fsp3) is 1.00. The topological polar surface area (TPSA) is 15.3 Å². The zero-order valence-corrected chi connectivity index (χ0v) is 14.0. The van der Waals surface area contributed by atoms with Crippen molar-refractivity contribution in [3.05, 3.63) is 0 Å². The van der Waals surface area contributed by atoms with Crippen LogP contribution in [0.5, 0.6) is 0 Å². The molecule has 0 aromatic carbocycles. The monoisotopic (exact) mass is 280 g/mol. The van der Waals surface area contributed by atoms with E-state index in [4.69, 9.17) is 0 Å². The number of nitrogens with zero attached hydrogens (tertiary/aromatic N) is 1. The molecule has 2 nitrogen and oxygen atoms in total. The van der Waals surface area contributed by atoms with Crippen LogP contribution in [0.25, 0.3) is 0 Å². The maximum absolute atomic E-state index is 3.88. The molecule has 2 fully saturated rings. The Labute approximate surface area is 126 Å². The van der Waals surface area contributed by atoms with Gasteiger partial charge in [-0.05, 0) is 76.5 Å². The van der Waals surface area contributed by atoms with Gasteiger partial charge in [0.1, 0.15) is 0 Å². The van der Waals surface area contributed by atoms with Gasteiger partial charge in [0, 0.05) is 6.04 Å². The lowest BCUT2D eigenvalue weighted by Gasteiger charge is -2.36. The number of hydrogen-bond acceptors (Lipinski definition) is 2. The van der Waals surface area contributed by atoms with Gasteiger partial charge in [-0.15, -0.1) is 0 Å². The smallest absolute Gasteiger partial charge is 0.00680 e. The van der Waals surface area contributed by atoms with E-state index in [1.807, 2.05) is 0 Å². The SMILES string of the molecule is CCCN1CCC(C(C)NCC2CCCCC2C)CC1. The Hall–Kier alpha value is -0.0800. The lowest BCUT2D eigenvalue weighted by Crippen LogP contribution is -2.44. The van der Waals surface area contributed by atoms with Crippen LogP contribution in [0.1, 0.15) is 65.7 Å². The highest BCUT2D eigenvalue weighted by Crippen LogP contribution is 2.29. The van der Waals surface area contributed by atoms with Gasteiger partial charge in [-0.25, -0.2) is 0 Å². The standard InChI is InChI=1S/C18H36N2/c1-4-11-20-12-9-17(10-13-20)16(3)19-14-18-8-6-5-7-15(18)2/h15-19H,4-14H2,1-3H3. The molecule has 1 saturated heterocycles. The summed E-state index contributed by atoms with van der Waals surface area (Å²) < 4.78 is 0. The molecule has 2 aliphatic rings. The fourth-order valence-corrected chi connectivity index (χ4v) is 4.19. The van der Waals surface area contributed by atoms with Gasteiger partial charge in [-0.3, -0.25) is 0 Å². The van der Waals surface area contributed by atoms with Gasteiger partial charge in [0.25, 0.3) is 0 Å². The first kappa shape index (κ1) is 16.3. The summed E-state index contributed by atoms with van der Waals surface area (Å²) in [5.74, 6) is 2.78. The Morgan fingerprint density at radius 1 is 1.10 bits per heavy atom. The van der Waals surface area contributed by atoms with Crippen LogP contribution < -0.4 is 5.32 Å². The predicted octanol–water partition coefficient (Wildman–Crippen LogP) is 3.91. The highest BCUT2D eigenvalue weighted by Gasteiger charge is 2.25. The molecule has 1 N–H and O–H groups in total.